The van der Waals surface area contributed by atoms with Crippen LogP contribution in [0, 0.1) is 0 Å². The Balaban J connectivity index is 2.19. The minimum atomic E-state index is 0.279. The third kappa shape index (κ3) is 4.27. The van der Waals surface area contributed by atoms with Crippen LogP contribution in [0.5, 0.6) is 5.75 Å². The van der Waals surface area contributed by atoms with Gasteiger partial charge >= 0.3 is 0 Å². The molecule has 2 nitrogen and oxygen atoms in total. The molecule has 0 saturated heterocycles. The molecule has 2 aromatic carbocycles. The van der Waals surface area contributed by atoms with Crippen molar-refractivity contribution in [1.29, 1.82) is 0 Å². The van der Waals surface area contributed by atoms with Gasteiger partial charge in [-0.15, -0.1) is 0 Å². The largest absolute Gasteiger partial charge is 0.487 e. The highest BCUT2D eigenvalue weighted by atomic mass is 35.5. The van der Waals surface area contributed by atoms with E-state index in [0.29, 0.717) is 27.4 Å². The van der Waals surface area contributed by atoms with Crippen molar-refractivity contribution in [2.45, 2.75) is 20.1 Å². The van der Waals surface area contributed by atoms with Crippen LogP contribution in [-0.4, -0.2) is 6.54 Å². The molecule has 0 aliphatic heterocycles. The number of halogens is 3. The first-order valence-corrected chi connectivity index (χ1v) is 7.80. The molecule has 0 saturated carbocycles. The quantitative estimate of drug-likeness (QED) is 0.764. The lowest BCUT2D eigenvalue weighted by Crippen LogP contribution is -2.13. The van der Waals surface area contributed by atoms with E-state index in [1.54, 1.807) is 24.3 Å². The molecule has 21 heavy (non-hydrogen) atoms. The van der Waals surface area contributed by atoms with E-state index in [2.05, 4.69) is 12.2 Å². The standard InChI is InChI=1S/C16H16Cl3NO/c1-2-20-9-11-5-3-8-15(19)16(11)21-10-12-13(17)6-4-7-14(12)18/h3-8,20H,2,9-10H2,1H3. The minimum absolute atomic E-state index is 0.279. The zero-order chi connectivity index (χ0) is 15.2. The monoisotopic (exact) mass is 343 g/mol. The number of rotatable bonds is 6. The van der Waals surface area contributed by atoms with Crippen molar-refractivity contribution in [2.24, 2.45) is 0 Å². The molecule has 0 heterocycles. The zero-order valence-corrected chi connectivity index (χ0v) is 13.9. The zero-order valence-electron chi connectivity index (χ0n) is 11.6. The fourth-order valence-electron chi connectivity index (χ4n) is 1.93. The molecule has 0 aliphatic rings. The summed E-state index contributed by atoms with van der Waals surface area (Å²) in [6.07, 6.45) is 0. The lowest BCUT2D eigenvalue weighted by atomic mass is 10.2. The molecule has 0 aliphatic carbocycles. The van der Waals surface area contributed by atoms with Gasteiger partial charge in [-0.3, -0.25) is 0 Å². The third-order valence-corrected chi connectivity index (χ3v) is 4.04. The second kappa shape index (κ2) is 7.90. The van der Waals surface area contributed by atoms with Gasteiger partial charge in [-0.05, 0) is 24.7 Å². The van der Waals surface area contributed by atoms with Crippen molar-refractivity contribution in [3.05, 3.63) is 62.6 Å². The number of benzene rings is 2. The number of para-hydroxylation sites is 1. The number of hydrogen-bond donors (Lipinski definition) is 1. The summed E-state index contributed by atoms with van der Waals surface area (Å²) in [5, 5.41) is 5.01. The summed E-state index contributed by atoms with van der Waals surface area (Å²) in [7, 11) is 0. The second-order valence-electron chi connectivity index (χ2n) is 4.50. The molecule has 5 heteroatoms. The van der Waals surface area contributed by atoms with Crippen LogP contribution in [-0.2, 0) is 13.2 Å². The molecule has 112 valence electrons. The van der Waals surface area contributed by atoms with Crippen LogP contribution in [0.2, 0.25) is 15.1 Å². The molecule has 2 aromatic rings. The van der Waals surface area contributed by atoms with Crippen LogP contribution >= 0.6 is 34.8 Å². The highest BCUT2D eigenvalue weighted by Gasteiger charge is 2.11. The van der Waals surface area contributed by atoms with Gasteiger partial charge in [0.25, 0.3) is 0 Å². The van der Waals surface area contributed by atoms with Gasteiger partial charge < -0.3 is 10.1 Å². The Labute approximate surface area is 140 Å². The van der Waals surface area contributed by atoms with Gasteiger partial charge in [0.15, 0.2) is 0 Å². The van der Waals surface area contributed by atoms with Crippen molar-refractivity contribution in [1.82, 2.24) is 5.32 Å². The van der Waals surface area contributed by atoms with Crippen LogP contribution in [0.15, 0.2) is 36.4 Å². The molecular formula is C16H16Cl3NO. The average Bonchev–Trinajstić information content (AvgIpc) is 2.46. The molecule has 0 aromatic heterocycles. The van der Waals surface area contributed by atoms with Gasteiger partial charge in [0.05, 0.1) is 5.02 Å². The Morgan fingerprint density at radius 3 is 2.24 bits per heavy atom. The molecule has 0 bridgehead atoms. The van der Waals surface area contributed by atoms with Crippen molar-refractivity contribution in [3.63, 3.8) is 0 Å². The maximum Gasteiger partial charge on any atom is 0.142 e. The van der Waals surface area contributed by atoms with E-state index in [4.69, 9.17) is 39.5 Å². The number of ether oxygens (including phenoxy) is 1. The Kier molecular flexibility index (Phi) is 6.19. The lowest BCUT2D eigenvalue weighted by Gasteiger charge is -2.14. The van der Waals surface area contributed by atoms with Crippen LogP contribution in [0.25, 0.3) is 0 Å². The summed E-state index contributed by atoms with van der Waals surface area (Å²) in [5.74, 6) is 0.663. The van der Waals surface area contributed by atoms with Crippen LogP contribution in [0.3, 0.4) is 0 Å². The van der Waals surface area contributed by atoms with Gasteiger partial charge in [-0.2, -0.15) is 0 Å². The topological polar surface area (TPSA) is 21.3 Å². The smallest absolute Gasteiger partial charge is 0.142 e. The Morgan fingerprint density at radius 1 is 0.952 bits per heavy atom. The molecule has 2 rings (SSSR count). The molecule has 0 fully saturated rings. The van der Waals surface area contributed by atoms with Crippen molar-refractivity contribution < 1.29 is 4.74 Å². The maximum absolute atomic E-state index is 6.24. The minimum Gasteiger partial charge on any atom is -0.487 e. The predicted octanol–water partition coefficient (Wildman–Crippen LogP) is 5.34. The summed E-state index contributed by atoms with van der Waals surface area (Å²) in [4.78, 5) is 0. The van der Waals surface area contributed by atoms with Gasteiger partial charge in [-0.25, -0.2) is 0 Å². The Morgan fingerprint density at radius 2 is 1.57 bits per heavy atom. The third-order valence-electron chi connectivity index (χ3n) is 3.04. The summed E-state index contributed by atoms with van der Waals surface area (Å²) < 4.78 is 5.87. The fourth-order valence-corrected chi connectivity index (χ4v) is 2.68. The van der Waals surface area contributed by atoms with Gasteiger partial charge in [0.2, 0.25) is 0 Å². The van der Waals surface area contributed by atoms with E-state index in [0.717, 1.165) is 17.7 Å². The molecular weight excluding hydrogens is 329 g/mol. The predicted molar refractivity (Wildman–Crippen MR) is 89.6 cm³/mol. The van der Waals surface area contributed by atoms with Crippen molar-refractivity contribution in [2.75, 3.05) is 6.54 Å². The first-order valence-electron chi connectivity index (χ1n) is 6.67. The fraction of sp³-hybridized carbons (Fsp3) is 0.250. The summed E-state index contributed by atoms with van der Waals surface area (Å²) in [6.45, 7) is 3.90. The van der Waals surface area contributed by atoms with E-state index in [9.17, 15) is 0 Å². The highest BCUT2D eigenvalue weighted by molar-refractivity contribution is 6.36. The Hall–Kier alpha value is -0.930. The first-order chi connectivity index (χ1) is 10.1. The molecule has 0 atom stereocenters. The Bertz CT molecular complexity index is 596. The maximum atomic E-state index is 6.24. The SMILES string of the molecule is CCNCc1cccc(Cl)c1OCc1c(Cl)cccc1Cl. The average molecular weight is 345 g/mol. The molecule has 0 spiro atoms. The first kappa shape index (κ1) is 16.4. The number of hydrogen-bond acceptors (Lipinski definition) is 2. The molecule has 0 amide bonds. The van der Waals surface area contributed by atoms with E-state index in [-0.39, 0.29) is 6.61 Å². The van der Waals surface area contributed by atoms with E-state index < -0.39 is 0 Å². The van der Waals surface area contributed by atoms with Crippen LogP contribution in [0.1, 0.15) is 18.1 Å². The molecule has 1 N–H and O–H groups in total. The van der Waals surface area contributed by atoms with E-state index in [1.807, 2.05) is 12.1 Å². The van der Waals surface area contributed by atoms with Crippen LogP contribution in [0.4, 0.5) is 0 Å². The van der Waals surface area contributed by atoms with E-state index >= 15 is 0 Å². The van der Waals surface area contributed by atoms with E-state index in [1.165, 1.54) is 0 Å². The van der Waals surface area contributed by atoms with Gasteiger partial charge in [0, 0.05) is 27.7 Å². The summed E-state index contributed by atoms with van der Waals surface area (Å²) in [5.41, 5.74) is 1.77. The van der Waals surface area contributed by atoms with Crippen LogP contribution < -0.4 is 10.1 Å². The normalized spacial score (nSPS) is 10.7. The molecule has 0 unspecified atom stereocenters. The van der Waals surface area contributed by atoms with Gasteiger partial charge in [0.1, 0.15) is 12.4 Å². The molecule has 0 radical (unpaired) electrons. The van der Waals surface area contributed by atoms with Crippen molar-refractivity contribution >= 4 is 34.8 Å². The summed E-state index contributed by atoms with van der Waals surface area (Å²) >= 11 is 18.5. The number of nitrogens with one attached hydrogen (secondary N) is 1. The van der Waals surface area contributed by atoms with Crippen molar-refractivity contribution in [3.8, 4) is 5.75 Å². The second-order valence-corrected chi connectivity index (χ2v) is 5.72. The lowest BCUT2D eigenvalue weighted by molar-refractivity contribution is 0.302. The summed E-state index contributed by atoms with van der Waals surface area (Å²) in [6, 6.07) is 11.1. The highest BCUT2D eigenvalue weighted by Crippen LogP contribution is 2.31. The van der Waals surface area contributed by atoms with Gasteiger partial charge in [-0.1, -0.05) is 59.9 Å².